The van der Waals surface area contributed by atoms with Crippen LogP contribution in [0.1, 0.15) is 17.3 Å². The SMILES string of the molecule is CCOc1ccc(C(=O)C2=CN(c3ccc(OC)cc3)c3cc(F)ccc3S2(=O)=O)cc1. The van der Waals surface area contributed by atoms with Crippen LogP contribution < -0.4 is 14.4 Å². The van der Waals surface area contributed by atoms with Gasteiger partial charge in [-0.3, -0.25) is 4.79 Å². The first-order valence-electron chi connectivity index (χ1n) is 9.82. The highest BCUT2D eigenvalue weighted by Crippen LogP contribution is 2.41. The van der Waals surface area contributed by atoms with E-state index >= 15 is 0 Å². The number of hydrogen-bond acceptors (Lipinski definition) is 6. The molecule has 1 heterocycles. The number of carbonyl (C=O) groups excluding carboxylic acids is 1. The summed E-state index contributed by atoms with van der Waals surface area (Å²) in [7, 11) is -2.65. The van der Waals surface area contributed by atoms with Crippen LogP contribution in [0.15, 0.2) is 82.7 Å². The van der Waals surface area contributed by atoms with Crippen molar-refractivity contribution < 1.29 is 27.1 Å². The smallest absolute Gasteiger partial charge is 0.214 e. The fraction of sp³-hybridized carbons (Fsp3) is 0.125. The lowest BCUT2D eigenvalue weighted by molar-refractivity contribution is 0.104. The summed E-state index contributed by atoms with van der Waals surface area (Å²) in [5.41, 5.74) is 0.867. The summed E-state index contributed by atoms with van der Waals surface area (Å²) in [5, 5.41) is 0. The van der Waals surface area contributed by atoms with Crippen LogP contribution in [-0.4, -0.2) is 27.9 Å². The number of benzene rings is 3. The second-order valence-electron chi connectivity index (χ2n) is 6.96. The second kappa shape index (κ2) is 8.47. The average molecular weight is 453 g/mol. The monoisotopic (exact) mass is 453 g/mol. The first-order chi connectivity index (χ1) is 15.3. The van der Waals surface area contributed by atoms with Crippen LogP contribution in [0.2, 0.25) is 0 Å². The molecule has 0 aliphatic carbocycles. The Kier molecular flexibility index (Phi) is 5.71. The number of hydrogen-bond donors (Lipinski definition) is 0. The average Bonchev–Trinajstić information content (AvgIpc) is 2.79. The number of sulfone groups is 1. The highest BCUT2D eigenvalue weighted by Gasteiger charge is 2.36. The van der Waals surface area contributed by atoms with E-state index in [1.54, 1.807) is 36.4 Å². The Balaban J connectivity index is 1.84. The van der Waals surface area contributed by atoms with Crippen LogP contribution in [0.25, 0.3) is 0 Å². The number of allylic oxidation sites excluding steroid dienone is 1. The Hall–Kier alpha value is -3.65. The van der Waals surface area contributed by atoms with Crippen LogP contribution in [0.4, 0.5) is 15.8 Å². The molecule has 1 aliphatic heterocycles. The zero-order chi connectivity index (χ0) is 22.9. The summed E-state index contributed by atoms with van der Waals surface area (Å²) in [6.07, 6.45) is 1.23. The van der Waals surface area contributed by atoms with E-state index in [-0.39, 0.29) is 16.1 Å². The summed E-state index contributed by atoms with van der Waals surface area (Å²) in [4.78, 5) is 14.2. The van der Waals surface area contributed by atoms with Gasteiger partial charge in [-0.2, -0.15) is 0 Å². The first-order valence-corrected chi connectivity index (χ1v) is 11.3. The summed E-state index contributed by atoms with van der Waals surface area (Å²) in [5.74, 6) is -0.0774. The number of nitrogens with zero attached hydrogens (tertiary/aromatic N) is 1. The predicted molar refractivity (Wildman–Crippen MR) is 119 cm³/mol. The molecule has 8 heteroatoms. The third-order valence-electron chi connectivity index (χ3n) is 5.01. The zero-order valence-electron chi connectivity index (χ0n) is 17.4. The molecule has 0 N–H and O–H groups in total. The maximum absolute atomic E-state index is 14.0. The van der Waals surface area contributed by atoms with Crippen molar-refractivity contribution in [3.8, 4) is 11.5 Å². The molecule has 0 saturated carbocycles. The van der Waals surface area contributed by atoms with Crippen LogP contribution in [0, 0.1) is 5.82 Å². The Morgan fingerprint density at radius 1 is 0.969 bits per heavy atom. The fourth-order valence-electron chi connectivity index (χ4n) is 3.43. The van der Waals surface area contributed by atoms with Gasteiger partial charge in [0.1, 0.15) is 22.2 Å². The Bertz CT molecular complexity index is 1300. The van der Waals surface area contributed by atoms with Crippen molar-refractivity contribution in [2.75, 3.05) is 18.6 Å². The number of fused-ring (bicyclic) bond motifs is 1. The van der Waals surface area contributed by atoms with Gasteiger partial charge in [0.2, 0.25) is 15.6 Å². The van der Waals surface area contributed by atoms with E-state index < -0.39 is 26.3 Å². The van der Waals surface area contributed by atoms with E-state index in [2.05, 4.69) is 0 Å². The van der Waals surface area contributed by atoms with Gasteiger partial charge >= 0.3 is 0 Å². The van der Waals surface area contributed by atoms with Gasteiger partial charge in [0.15, 0.2) is 0 Å². The summed E-state index contributed by atoms with van der Waals surface area (Å²) >= 11 is 0. The molecule has 0 radical (unpaired) electrons. The fourth-order valence-corrected chi connectivity index (χ4v) is 4.95. The third kappa shape index (κ3) is 3.85. The van der Waals surface area contributed by atoms with Gasteiger partial charge in [-0.05, 0) is 73.7 Å². The molecule has 0 spiro atoms. The molecular formula is C24H20FNO5S. The predicted octanol–water partition coefficient (Wildman–Crippen LogP) is 4.88. The minimum atomic E-state index is -4.17. The van der Waals surface area contributed by atoms with Crippen molar-refractivity contribution in [3.63, 3.8) is 0 Å². The van der Waals surface area contributed by atoms with E-state index in [0.717, 1.165) is 12.1 Å². The van der Waals surface area contributed by atoms with Crippen LogP contribution in [0.3, 0.4) is 0 Å². The van der Waals surface area contributed by atoms with E-state index in [0.29, 0.717) is 23.8 Å². The molecule has 3 aromatic carbocycles. The molecule has 0 amide bonds. The van der Waals surface area contributed by atoms with E-state index in [9.17, 15) is 17.6 Å². The normalized spacial score (nSPS) is 14.3. The minimum absolute atomic E-state index is 0.124. The Morgan fingerprint density at radius 2 is 1.62 bits per heavy atom. The first kappa shape index (κ1) is 21.6. The van der Waals surface area contributed by atoms with Gasteiger partial charge in [0.05, 0.1) is 24.3 Å². The molecule has 0 saturated heterocycles. The quantitative estimate of drug-likeness (QED) is 0.391. The van der Waals surface area contributed by atoms with Crippen molar-refractivity contribution >= 4 is 27.0 Å². The highest BCUT2D eigenvalue weighted by atomic mass is 32.2. The molecular weight excluding hydrogens is 433 g/mol. The molecule has 0 fully saturated rings. The lowest BCUT2D eigenvalue weighted by Gasteiger charge is -2.29. The Labute approximate surface area is 185 Å². The maximum Gasteiger partial charge on any atom is 0.214 e. The number of halogens is 1. The van der Waals surface area contributed by atoms with Crippen molar-refractivity contribution in [2.24, 2.45) is 0 Å². The second-order valence-corrected chi connectivity index (χ2v) is 8.85. The molecule has 4 rings (SSSR count). The number of ketones is 1. The molecule has 32 heavy (non-hydrogen) atoms. The number of ether oxygens (including phenoxy) is 2. The summed E-state index contributed by atoms with van der Waals surface area (Å²) < 4.78 is 51.2. The number of methoxy groups -OCH3 is 1. The summed E-state index contributed by atoms with van der Waals surface area (Å²) in [6.45, 7) is 2.31. The molecule has 0 atom stereocenters. The number of anilines is 2. The van der Waals surface area contributed by atoms with Crippen molar-refractivity contribution in [2.45, 2.75) is 11.8 Å². The van der Waals surface area contributed by atoms with E-state index in [1.807, 2.05) is 6.92 Å². The van der Waals surface area contributed by atoms with Gasteiger partial charge < -0.3 is 14.4 Å². The number of rotatable bonds is 6. The zero-order valence-corrected chi connectivity index (χ0v) is 18.2. The Morgan fingerprint density at radius 3 is 2.25 bits per heavy atom. The highest BCUT2D eigenvalue weighted by molar-refractivity contribution is 7.96. The van der Waals surface area contributed by atoms with Crippen molar-refractivity contribution in [1.29, 1.82) is 0 Å². The molecule has 0 aromatic heterocycles. The number of Topliss-reactive ketones (excluding diaryl/α,β-unsaturated/α-hetero) is 1. The standard InChI is InChI=1S/C24H20FNO5S/c1-3-31-20-9-4-16(5-10-20)24(27)23-15-26(18-7-11-19(30-2)12-8-18)21-14-17(25)6-13-22(21)32(23,28)29/h4-15H,3H2,1-2H3. The lowest BCUT2D eigenvalue weighted by Crippen LogP contribution is -2.26. The van der Waals surface area contributed by atoms with Gasteiger partial charge in [-0.15, -0.1) is 0 Å². The van der Waals surface area contributed by atoms with Crippen molar-refractivity contribution in [3.05, 3.63) is 89.2 Å². The molecule has 164 valence electrons. The number of carbonyl (C=O) groups is 1. The lowest BCUT2D eigenvalue weighted by atomic mass is 10.1. The van der Waals surface area contributed by atoms with Gasteiger partial charge in [-0.25, -0.2) is 12.8 Å². The van der Waals surface area contributed by atoms with Crippen LogP contribution in [-0.2, 0) is 9.84 Å². The molecule has 0 unspecified atom stereocenters. The topological polar surface area (TPSA) is 72.9 Å². The van der Waals surface area contributed by atoms with E-state index in [1.165, 1.54) is 36.4 Å². The van der Waals surface area contributed by atoms with E-state index in [4.69, 9.17) is 9.47 Å². The largest absolute Gasteiger partial charge is 0.497 e. The third-order valence-corrected chi connectivity index (χ3v) is 6.80. The maximum atomic E-state index is 14.0. The van der Waals surface area contributed by atoms with Crippen LogP contribution >= 0.6 is 0 Å². The summed E-state index contributed by atoms with van der Waals surface area (Å²) in [6, 6.07) is 16.4. The minimum Gasteiger partial charge on any atom is -0.497 e. The van der Waals surface area contributed by atoms with Gasteiger partial charge in [-0.1, -0.05) is 0 Å². The van der Waals surface area contributed by atoms with Gasteiger partial charge in [0.25, 0.3) is 0 Å². The molecule has 6 nitrogen and oxygen atoms in total. The molecule has 0 bridgehead atoms. The van der Waals surface area contributed by atoms with Crippen molar-refractivity contribution in [1.82, 2.24) is 0 Å². The van der Waals surface area contributed by atoms with Gasteiger partial charge in [0, 0.05) is 17.5 Å². The van der Waals surface area contributed by atoms with Crippen LogP contribution in [0.5, 0.6) is 11.5 Å². The molecule has 1 aliphatic rings. The molecule has 3 aromatic rings.